The van der Waals surface area contributed by atoms with Crippen molar-refractivity contribution in [3.63, 3.8) is 0 Å². The number of hydrogen-bond donors (Lipinski definition) is 1. The van der Waals surface area contributed by atoms with Crippen molar-refractivity contribution >= 4 is 5.97 Å². The van der Waals surface area contributed by atoms with Crippen LogP contribution in [0.3, 0.4) is 0 Å². The molecule has 0 aliphatic heterocycles. The van der Waals surface area contributed by atoms with Crippen molar-refractivity contribution in [2.75, 3.05) is 0 Å². The molecule has 0 aliphatic carbocycles. The van der Waals surface area contributed by atoms with E-state index in [0.29, 0.717) is 6.42 Å². The minimum Gasteiger partial charge on any atom is -0.456 e. The first-order valence-corrected chi connectivity index (χ1v) is 4.42. The fourth-order valence-corrected chi connectivity index (χ4v) is 1.02. The molecule has 0 saturated heterocycles. The van der Waals surface area contributed by atoms with Crippen molar-refractivity contribution < 1.29 is 9.53 Å². The highest BCUT2D eigenvalue weighted by atomic mass is 16.5. The third kappa shape index (κ3) is 2.89. The van der Waals surface area contributed by atoms with Crippen molar-refractivity contribution in [1.29, 1.82) is 0 Å². The molecule has 0 aliphatic rings. The number of hydrogen-bond acceptors (Lipinski definition) is 3. The highest BCUT2D eigenvalue weighted by molar-refractivity contribution is 5.69. The van der Waals surface area contributed by atoms with E-state index in [1.165, 1.54) is 0 Å². The molecule has 0 amide bonds. The molecule has 72 valence electrons. The second-order valence-corrected chi connectivity index (χ2v) is 2.89. The van der Waals surface area contributed by atoms with Crippen molar-refractivity contribution in [3.8, 4) is 0 Å². The largest absolute Gasteiger partial charge is 0.456 e. The summed E-state index contributed by atoms with van der Waals surface area (Å²) < 4.78 is 5.12. The second kappa shape index (κ2) is 4.64. The molecule has 1 aromatic heterocycles. The fraction of sp³-hybridized carbons (Fsp3) is 0.556. The highest BCUT2D eigenvalue weighted by Gasteiger charge is 2.11. The topological polar surface area (TPSA) is 55.0 Å². The molecule has 0 aromatic carbocycles. The third-order valence-corrected chi connectivity index (χ3v) is 1.72. The number of nitrogens with one attached hydrogen (secondary N) is 1. The van der Waals surface area contributed by atoms with Gasteiger partial charge in [-0.3, -0.25) is 9.89 Å². The van der Waals surface area contributed by atoms with Crippen LogP contribution in [0, 0.1) is 0 Å². The Bertz CT molecular complexity index is 257. The Morgan fingerprint density at radius 3 is 3.08 bits per heavy atom. The van der Waals surface area contributed by atoms with Gasteiger partial charge in [-0.05, 0) is 19.4 Å². The van der Waals surface area contributed by atoms with Gasteiger partial charge in [-0.2, -0.15) is 5.10 Å². The molecule has 0 saturated carbocycles. The summed E-state index contributed by atoms with van der Waals surface area (Å²) in [6, 6.07) is 1.80. The van der Waals surface area contributed by atoms with Gasteiger partial charge in [0.2, 0.25) is 0 Å². The van der Waals surface area contributed by atoms with Crippen LogP contribution >= 0.6 is 0 Å². The Morgan fingerprint density at radius 1 is 1.77 bits per heavy atom. The minimum atomic E-state index is -0.235. The molecule has 1 atom stereocenters. The van der Waals surface area contributed by atoms with Gasteiger partial charge in [-0.25, -0.2) is 0 Å². The summed E-state index contributed by atoms with van der Waals surface area (Å²) in [5.41, 5.74) is 0.824. The molecule has 0 bridgehead atoms. The zero-order chi connectivity index (χ0) is 9.68. The lowest BCUT2D eigenvalue weighted by Crippen LogP contribution is -2.08. The van der Waals surface area contributed by atoms with E-state index in [-0.39, 0.29) is 12.1 Å². The van der Waals surface area contributed by atoms with E-state index in [4.69, 9.17) is 4.74 Å². The molecule has 1 unspecified atom stereocenters. The van der Waals surface area contributed by atoms with E-state index in [0.717, 1.165) is 12.1 Å². The highest BCUT2D eigenvalue weighted by Crippen LogP contribution is 2.13. The Balaban J connectivity index is 2.42. The fourth-order valence-electron chi connectivity index (χ4n) is 1.02. The van der Waals surface area contributed by atoms with Crippen LogP contribution in [0.5, 0.6) is 0 Å². The Labute approximate surface area is 77.3 Å². The maximum absolute atomic E-state index is 11.1. The number of aromatic nitrogens is 2. The molecule has 1 N–H and O–H groups in total. The predicted octanol–water partition coefficient (Wildman–Crippen LogP) is 1.81. The van der Waals surface area contributed by atoms with E-state index < -0.39 is 0 Å². The van der Waals surface area contributed by atoms with Gasteiger partial charge in [0.05, 0.1) is 5.69 Å². The Kier molecular flexibility index (Phi) is 3.49. The van der Waals surface area contributed by atoms with Gasteiger partial charge in [0.15, 0.2) is 0 Å². The average molecular weight is 182 g/mol. The number of H-pyrrole nitrogens is 1. The van der Waals surface area contributed by atoms with Gasteiger partial charge in [-0.15, -0.1) is 0 Å². The summed E-state index contributed by atoms with van der Waals surface area (Å²) in [6.45, 7) is 3.77. The lowest BCUT2D eigenvalue weighted by Gasteiger charge is -2.10. The molecule has 1 aromatic rings. The van der Waals surface area contributed by atoms with Crippen LogP contribution in [0.25, 0.3) is 0 Å². The first-order valence-electron chi connectivity index (χ1n) is 4.42. The molecule has 0 radical (unpaired) electrons. The number of nitrogens with zero attached hydrogens (tertiary/aromatic N) is 1. The van der Waals surface area contributed by atoms with Crippen LogP contribution in [0.1, 0.15) is 38.5 Å². The number of carbonyl (C=O) groups excluding carboxylic acids is 1. The summed E-state index contributed by atoms with van der Waals surface area (Å²) >= 11 is 0. The summed E-state index contributed by atoms with van der Waals surface area (Å²) in [5, 5.41) is 6.54. The van der Waals surface area contributed by atoms with E-state index in [9.17, 15) is 4.79 Å². The zero-order valence-corrected chi connectivity index (χ0v) is 7.91. The molecular formula is C9H14N2O2. The molecular weight excluding hydrogens is 168 g/mol. The molecule has 1 heterocycles. The van der Waals surface area contributed by atoms with Crippen molar-refractivity contribution in [3.05, 3.63) is 18.0 Å². The lowest BCUT2D eigenvalue weighted by molar-refractivity contribution is -0.148. The van der Waals surface area contributed by atoms with Crippen molar-refractivity contribution in [2.45, 2.75) is 32.8 Å². The van der Waals surface area contributed by atoms with E-state index in [1.807, 2.05) is 13.8 Å². The van der Waals surface area contributed by atoms with Crippen LogP contribution in [-0.4, -0.2) is 16.2 Å². The zero-order valence-electron chi connectivity index (χ0n) is 7.91. The van der Waals surface area contributed by atoms with Gasteiger partial charge in [0, 0.05) is 12.6 Å². The van der Waals surface area contributed by atoms with Crippen molar-refractivity contribution in [2.24, 2.45) is 0 Å². The summed E-state index contributed by atoms with van der Waals surface area (Å²) in [7, 11) is 0. The average Bonchev–Trinajstić information content (AvgIpc) is 2.55. The summed E-state index contributed by atoms with van der Waals surface area (Å²) in [4.78, 5) is 11.1. The first kappa shape index (κ1) is 9.77. The van der Waals surface area contributed by atoms with Crippen molar-refractivity contribution in [1.82, 2.24) is 10.2 Å². The maximum Gasteiger partial charge on any atom is 0.306 e. The smallest absolute Gasteiger partial charge is 0.306 e. The van der Waals surface area contributed by atoms with Crippen LogP contribution in [-0.2, 0) is 9.53 Å². The van der Waals surface area contributed by atoms with Gasteiger partial charge in [-0.1, -0.05) is 6.92 Å². The first-order chi connectivity index (χ1) is 6.24. The standard InChI is InChI=1S/C9H14N2O2/c1-3-4-9(12)13-7(2)8-5-6-10-11-8/h5-7H,3-4H2,1-2H3,(H,10,11). The van der Waals surface area contributed by atoms with Crippen LogP contribution in [0.2, 0.25) is 0 Å². The minimum absolute atomic E-state index is 0.162. The van der Waals surface area contributed by atoms with E-state index >= 15 is 0 Å². The predicted molar refractivity (Wildman–Crippen MR) is 48.0 cm³/mol. The summed E-state index contributed by atoms with van der Waals surface area (Å²) in [6.07, 6.45) is 2.69. The lowest BCUT2D eigenvalue weighted by atomic mass is 10.3. The van der Waals surface area contributed by atoms with Crippen LogP contribution < -0.4 is 0 Å². The van der Waals surface area contributed by atoms with Gasteiger partial charge in [0.1, 0.15) is 6.10 Å². The van der Waals surface area contributed by atoms with E-state index in [2.05, 4.69) is 10.2 Å². The molecule has 4 nitrogen and oxygen atoms in total. The molecule has 0 spiro atoms. The number of ether oxygens (including phenoxy) is 1. The van der Waals surface area contributed by atoms with Crippen LogP contribution in [0.15, 0.2) is 12.3 Å². The molecule has 0 fully saturated rings. The Hall–Kier alpha value is -1.32. The summed E-state index contributed by atoms with van der Waals surface area (Å²) in [5.74, 6) is -0.162. The normalized spacial score (nSPS) is 12.5. The van der Waals surface area contributed by atoms with Gasteiger partial charge < -0.3 is 4.74 Å². The third-order valence-electron chi connectivity index (χ3n) is 1.72. The quantitative estimate of drug-likeness (QED) is 0.722. The van der Waals surface area contributed by atoms with Crippen LogP contribution in [0.4, 0.5) is 0 Å². The number of carbonyl (C=O) groups is 1. The molecule has 13 heavy (non-hydrogen) atoms. The second-order valence-electron chi connectivity index (χ2n) is 2.89. The maximum atomic E-state index is 11.1. The number of esters is 1. The van der Waals surface area contributed by atoms with Gasteiger partial charge >= 0.3 is 5.97 Å². The van der Waals surface area contributed by atoms with E-state index in [1.54, 1.807) is 12.3 Å². The molecule has 1 rings (SSSR count). The monoisotopic (exact) mass is 182 g/mol. The van der Waals surface area contributed by atoms with Gasteiger partial charge in [0.25, 0.3) is 0 Å². The number of aromatic amines is 1. The molecule has 4 heteroatoms. The SMILES string of the molecule is CCCC(=O)OC(C)c1ccn[nH]1. The number of rotatable bonds is 4. The Morgan fingerprint density at radius 2 is 2.54 bits per heavy atom.